The molecular formula is C20H25BrN4O3S. The van der Waals surface area contributed by atoms with E-state index >= 15 is 0 Å². The minimum atomic E-state index is -3.56. The first-order chi connectivity index (χ1) is 13.7. The third-order valence-electron chi connectivity index (χ3n) is 5.11. The molecule has 29 heavy (non-hydrogen) atoms. The largest absolute Gasteiger partial charge is 0.353 e. The Morgan fingerprint density at radius 2 is 1.69 bits per heavy atom. The van der Waals surface area contributed by atoms with Crippen molar-refractivity contribution >= 4 is 37.7 Å². The van der Waals surface area contributed by atoms with E-state index in [2.05, 4.69) is 25.8 Å². The van der Waals surface area contributed by atoms with Gasteiger partial charge in [-0.3, -0.25) is 4.79 Å². The number of benzene rings is 1. The smallest absolute Gasteiger partial charge is 0.253 e. The number of amides is 1. The lowest BCUT2D eigenvalue weighted by Crippen LogP contribution is -2.49. The fourth-order valence-corrected chi connectivity index (χ4v) is 4.69. The van der Waals surface area contributed by atoms with E-state index in [0.717, 1.165) is 10.3 Å². The highest BCUT2D eigenvalue weighted by Gasteiger charge is 2.25. The van der Waals surface area contributed by atoms with Gasteiger partial charge in [0.1, 0.15) is 5.82 Å². The van der Waals surface area contributed by atoms with Crippen molar-refractivity contribution in [3.05, 3.63) is 52.6 Å². The number of hydrogen-bond acceptors (Lipinski definition) is 5. The Labute approximate surface area is 180 Å². The third-order valence-corrected chi connectivity index (χ3v) is 7.62. The molecule has 156 valence electrons. The van der Waals surface area contributed by atoms with Gasteiger partial charge in [-0.1, -0.05) is 0 Å². The van der Waals surface area contributed by atoms with Gasteiger partial charge in [0.05, 0.1) is 4.90 Å². The molecular weight excluding hydrogens is 456 g/mol. The zero-order valence-electron chi connectivity index (χ0n) is 16.7. The number of aromatic nitrogens is 1. The molecule has 0 saturated carbocycles. The van der Waals surface area contributed by atoms with Gasteiger partial charge in [-0.2, -0.15) is 4.31 Å². The number of piperazine rings is 1. The van der Waals surface area contributed by atoms with E-state index in [0.29, 0.717) is 31.7 Å². The first-order valence-corrected chi connectivity index (χ1v) is 11.7. The minimum absolute atomic E-state index is 0.0884. The Hall–Kier alpha value is -1.97. The Bertz CT molecular complexity index is 954. The molecule has 2 aromatic rings. The molecule has 3 rings (SSSR count). The van der Waals surface area contributed by atoms with Crippen LogP contribution in [0.1, 0.15) is 24.2 Å². The lowest BCUT2D eigenvalue weighted by atomic mass is 10.2. The lowest BCUT2D eigenvalue weighted by Gasteiger charge is -2.35. The van der Waals surface area contributed by atoms with Gasteiger partial charge in [0, 0.05) is 55.5 Å². The molecule has 0 spiro atoms. The number of carbonyl (C=O) groups is 1. The molecule has 9 heteroatoms. The van der Waals surface area contributed by atoms with Gasteiger partial charge in [-0.15, -0.1) is 0 Å². The van der Waals surface area contributed by atoms with Crippen LogP contribution in [-0.2, 0) is 10.0 Å². The van der Waals surface area contributed by atoms with E-state index in [1.54, 1.807) is 30.3 Å². The molecule has 1 aromatic carbocycles. The van der Waals surface area contributed by atoms with Crippen LogP contribution in [-0.4, -0.2) is 67.8 Å². The molecule has 1 aliphatic rings. The number of hydrogen-bond donors (Lipinski definition) is 0. The SMILES string of the molecule is CC(C)N(C)S(=O)(=O)c1ccc(C(=O)N2CCN(c3ccc(Br)cn3)CC2)cc1. The summed E-state index contributed by atoms with van der Waals surface area (Å²) in [5, 5.41) is 0. The fraction of sp³-hybridized carbons (Fsp3) is 0.400. The van der Waals surface area contributed by atoms with E-state index < -0.39 is 10.0 Å². The number of nitrogens with zero attached hydrogens (tertiary/aromatic N) is 4. The van der Waals surface area contributed by atoms with E-state index in [-0.39, 0.29) is 16.8 Å². The summed E-state index contributed by atoms with van der Waals surface area (Å²) in [4.78, 5) is 21.3. The second-order valence-electron chi connectivity index (χ2n) is 7.25. The molecule has 0 N–H and O–H groups in total. The van der Waals surface area contributed by atoms with Crippen LogP contribution < -0.4 is 4.90 Å². The minimum Gasteiger partial charge on any atom is -0.353 e. The average Bonchev–Trinajstić information content (AvgIpc) is 2.73. The first kappa shape index (κ1) is 21.7. The molecule has 0 aliphatic carbocycles. The quantitative estimate of drug-likeness (QED) is 0.657. The number of halogens is 1. The summed E-state index contributed by atoms with van der Waals surface area (Å²) in [7, 11) is -2.00. The molecule has 7 nitrogen and oxygen atoms in total. The maximum Gasteiger partial charge on any atom is 0.253 e. The first-order valence-electron chi connectivity index (χ1n) is 9.44. The predicted octanol–water partition coefficient (Wildman–Crippen LogP) is 2.84. The molecule has 0 unspecified atom stereocenters. The molecule has 1 aromatic heterocycles. The highest BCUT2D eigenvalue weighted by atomic mass is 79.9. The van der Waals surface area contributed by atoms with Crippen LogP contribution in [0.4, 0.5) is 5.82 Å². The van der Waals surface area contributed by atoms with Crippen molar-refractivity contribution in [1.82, 2.24) is 14.2 Å². The van der Waals surface area contributed by atoms with Crippen LogP contribution in [0, 0.1) is 0 Å². The van der Waals surface area contributed by atoms with Gasteiger partial charge in [0.25, 0.3) is 5.91 Å². The summed E-state index contributed by atoms with van der Waals surface area (Å²) >= 11 is 3.38. The Kier molecular flexibility index (Phi) is 6.60. The highest BCUT2D eigenvalue weighted by molar-refractivity contribution is 9.10. The summed E-state index contributed by atoms with van der Waals surface area (Å²) in [6, 6.07) is 9.95. The van der Waals surface area contributed by atoms with E-state index in [1.165, 1.54) is 16.4 Å². The zero-order chi connectivity index (χ0) is 21.2. The van der Waals surface area contributed by atoms with E-state index in [1.807, 2.05) is 26.0 Å². The fourth-order valence-electron chi connectivity index (χ4n) is 3.09. The van der Waals surface area contributed by atoms with E-state index in [4.69, 9.17) is 0 Å². The van der Waals surface area contributed by atoms with Crippen LogP contribution in [0.25, 0.3) is 0 Å². The van der Waals surface area contributed by atoms with Gasteiger partial charge in [-0.25, -0.2) is 13.4 Å². The highest BCUT2D eigenvalue weighted by Crippen LogP contribution is 2.20. The lowest BCUT2D eigenvalue weighted by molar-refractivity contribution is 0.0746. The molecule has 1 saturated heterocycles. The molecule has 0 atom stereocenters. The summed E-state index contributed by atoms with van der Waals surface area (Å²) < 4.78 is 27.4. The van der Waals surface area contributed by atoms with Crippen molar-refractivity contribution in [2.75, 3.05) is 38.1 Å². The second kappa shape index (κ2) is 8.81. The molecule has 1 amide bonds. The van der Waals surface area contributed by atoms with Crippen molar-refractivity contribution in [2.24, 2.45) is 0 Å². The Morgan fingerprint density at radius 3 is 2.21 bits per heavy atom. The Morgan fingerprint density at radius 1 is 1.07 bits per heavy atom. The van der Waals surface area contributed by atoms with Crippen LogP contribution in [0.5, 0.6) is 0 Å². The predicted molar refractivity (Wildman–Crippen MR) is 117 cm³/mol. The van der Waals surface area contributed by atoms with Crippen LogP contribution >= 0.6 is 15.9 Å². The summed E-state index contributed by atoms with van der Waals surface area (Å²) in [6.07, 6.45) is 1.76. The van der Waals surface area contributed by atoms with Crippen molar-refractivity contribution < 1.29 is 13.2 Å². The van der Waals surface area contributed by atoms with Crippen molar-refractivity contribution in [2.45, 2.75) is 24.8 Å². The summed E-state index contributed by atoms with van der Waals surface area (Å²) in [5.74, 6) is 0.804. The number of anilines is 1. The van der Waals surface area contributed by atoms with E-state index in [9.17, 15) is 13.2 Å². The molecule has 1 fully saturated rings. The standard InChI is InChI=1S/C20H25BrN4O3S/c1-15(2)23(3)29(27,28)18-7-4-16(5-8-18)20(26)25-12-10-24(11-13-25)19-9-6-17(21)14-22-19/h4-9,14-15H,10-13H2,1-3H3. The van der Waals surface area contributed by atoms with Crippen molar-refractivity contribution in [3.8, 4) is 0 Å². The third kappa shape index (κ3) is 4.79. The zero-order valence-corrected chi connectivity index (χ0v) is 19.1. The molecule has 0 bridgehead atoms. The number of carbonyl (C=O) groups excluding carboxylic acids is 1. The van der Waals surface area contributed by atoms with Gasteiger partial charge >= 0.3 is 0 Å². The van der Waals surface area contributed by atoms with Crippen LogP contribution in [0.3, 0.4) is 0 Å². The monoisotopic (exact) mass is 480 g/mol. The second-order valence-corrected chi connectivity index (χ2v) is 10.2. The molecule has 2 heterocycles. The normalized spacial score (nSPS) is 15.2. The summed E-state index contributed by atoms with van der Waals surface area (Å²) in [5.41, 5.74) is 0.492. The Balaban J connectivity index is 1.65. The topological polar surface area (TPSA) is 73.8 Å². The summed E-state index contributed by atoms with van der Waals surface area (Å²) in [6.45, 7) is 6.22. The van der Waals surface area contributed by atoms with Crippen molar-refractivity contribution in [1.29, 1.82) is 0 Å². The van der Waals surface area contributed by atoms with Crippen LogP contribution in [0.15, 0.2) is 52.0 Å². The van der Waals surface area contributed by atoms with Gasteiger partial charge in [0.15, 0.2) is 0 Å². The number of rotatable bonds is 5. The van der Waals surface area contributed by atoms with Gasteiger partial charge in [0.2, 0.25) is 10.0 Å². The molecule has 0 radical (unpaired) electrons. The average molecular weight is 481 g/mol. The number of sulfonamides is 1. The van der Waals surface area contributed by atoms with Gasteiger partial charge < -0.3 is 9.80 Å². The maximum atomic E-state index is 12.8. The maximum absolute atomic E-state index is 12.8. The van der Waals surface area contributed by atoms with Crippen LogP contribution in [0.2, 0.25) is 0 Å². The van der Waals surface area contributed by atoms with Gasteiger partial charge in [-0.05, 0) is 66.2 Å². The van der Waals surface area contributed by atoms with Crippen molar-refractivity contribution in [3.63, 3.8) is 0 Å². The number of pyridine rings is 1. The molecule has 1 aliphatic heterocycles.